The zero-order valence-electron chi connectivity index (χ0n) is 13.4. The van der Waals surface area contributed by atoms with Crippen LogP contribution in [0, 0.1) is 11.8 Å². The number of carboxylic acids is 1. The van der Waals surface area contributed by atoms with Gasteiger partial charge < -0.3 is 14.7 Å². The second kappa shape index (κ2) is 6.34. The van der Waals surface area contributed by atoms with E-state index in [2.05, 4.69) is 13.8 Å². The second-order valence-electron chi connectivity index (χ2n) is 6.44. The van der Waals surface area contributed by atoms with Crippen molar-refractivity contribution in [1.82, 2.24) is 4.90 Å². The van der Waals surface area contributed by atoms with E-state index in [0.29, 0.717) is 0 Å². The van der Waals surface area contributed by atoms with Crippen molar-refractivity contribution >= 4 is 11.9 Å². The minimum Gasteiger partial charge on any atom is -0.481 e. The quantitative estimate of drug-likeness (QED) is 0.817. The van der Waals surface area contributed by atoms with Crippen molar-refractivity contribution in [3.8, 4) is 0 Å². The zero-order valence-corrected chi connectivity index (χ0v) is 13.4. The third kappa shape index (κ3) is 2.80. The highest BCUT2D eigenvalue weighted by Gasteiger charge is 2.56. The molecule has 2 rings (SSSR count). The van der Waals surface area contributed by atoms with E-state index in [4.69, 9.17) is 4.74 Å². The molecule has 0 aliphatic carbocycles. The van der Waals surface area contributed by atoms with Crippen LogP contribution < -0.4 is 0 Å². The van der Waals surface area contributed by atoms with Crippen LogP contribution >= 0.6 is 0 Å². The number of amides is 1. The van der Waals surface area contributed by atoms with Gasteiger partial charge >= 0.3 is 5.97 Å². The van der Waals surface area contributed by atoms with E-state index in [1.54, 1.807) is 0 Å². The van der Waals surface area contributed by atoms with E-state index >= 15 is 0 Å². The summed E-state index contributed by atoms with van der Waals surface area (Å²) < 4.78 is 5.73. The topological polar surface area (TPSA) is 66.8 Å². The van der Waals surface area contributed by atoms with E-state index in [0.717, 1.165) is 25.7 Å². The van der Waals surface area contributed by atoms with Crippen LogP contribution in [0.15, 0.2) is 0 Å². The van der Waals surface area contributed by atoms with Gasteiger partial charge in [0.25, 0.3) is 0 Å². The molecule has 1 amide bonds. The largest absolute Gasteiger partial charge is 0.481 e. The van der Waals surface area contributed by atoms with Gasteiger partial charge in [0.2, 0.25) is 5.91 Å². The molecule has 2 aliphatic rings. The predicted molar refractivity (Wildman–Crippen MR) is 78.9 cm³/mol. The van der Waals surface area contributed by atoms with E-state index in [-0.39, 0.29) is 30.2 Å². The van der Waals surface area contributed by atoms with E-state index in [1.807, 2.05) is 18.7 Å². The summed E-state index contributed by atoms with van der Waals surface area (Å²) in [6.45, 7) is 8.18. The molecule has 120 valence electrons. The molecular formula is C16H27NO4. The van der Waals surface area contributed by atoms with Gasteiger partial charge in [0.15, 0.2) is 0 Å². The van der Waals surface area contributed by atoms with Crippen LogP contribution in [0.25, 0.3) is 0 Å². The van der Waals surface area contributed by atoms with Crippen LogP contribution in [0.3, 0.4) is 0 Å². The molecule has 1 N–H and O–H groups in total. The smallest absolute Gasteiger partial charge is 0.310 e. The molecule has 2 saturated heterocycles. The molecule has 0 aromatic carbocycles. The molecule has 2 aliphatic heterocycles. The van der Waals surface area contributed by atoms with Gasteiger partial charge in [0, 0.05) is 12.1 Å². The number of nitrogens with zero attached hydrogens (tertiary/aromatic N) is 1. The van der Waals surface area contributed by atoms with Crippen LogP contribution in [-0.2, 0) is 14.3 Å². The minimum atomic E-state index is -0.895. The first-order chi connectivity index (χ1) is 9.92. The van der Waals surface area contributed by atoms with Crippen LogP contribution in [0.4, 0.5) is 0 Å². The van der Waals surface area contributed by atoms with Gasteiger partial charge in [-0.1, -0.05) is 13.8 Å². The summed E-state index contributed by atoms with van der Waals surface area (Å²) in [6, 6.07) is 0.252. The minimum absolute atomic E-state index is 0.0294. The molecule has 0 aromatic rings. The highest BCUT2D eigenvalue weighted by Crippen LogP contribution is 2.44. The lowest BCUT2D eigenvalue weighted by Gasteiger charge is -2.38. The number of fused-ring (bicyclic) bond motifs is 2. The summed E-state index contributed by atoms with van der Waals surface area (Å²) in [4.78, 5) is 26.5. The molecule has 5 heteroatoms. The van der Waals surface area contributed by atoms with Crippen molar-refractivity contribution in [2.45, 2.75) is 77.7 Å². The Balaban J connectivity index is 2.25. The molecule has 0 spiro atoms. The van der Waals surface area contributed by atoms with Crippen LogP contribution in [-0.4, -0.2) is 46.2 Å². The first-order valence-electron chi connectivity index (χ1n) is 8.12. The maximum absolute atomic E-state index is 13.0. The maximum Gasteiger partial charge on any atom is 0.310 e. The Labute approximate surface area is 126 Å². The van der Waals surface area contributed by atoms with Crippen LogP contribution in [0.5, 0.6) is 0 Å². The summed E-state index contributed by atoms with van der Waals surface area (Å²) in [5.41, 5.74) is 0. The van der Waals surface area contributed by atoms with Gasteiger partial charge in [-0.05, 0) is 39.5 Å². The van der Waals surface area contributed by atoms with Gasteiger partial charge in [-0.3, -0.25) is 9.59 Å². The lowest BCUT2D eigenvalue weighted by atomic mass is 9.78. The lowest BCUT2D eigenvalue weighted by Crippen LogP contribution is -2.51. The molecule has 2 bridgehead atoms. The molecule has 2 fully saturated rings. The Kier molecular flexibility index (Phi) is 4.91. The Hall–Kier alpha value is -1.10. The molecule has 21 heavy (non-hydrogen) atoms. The van der Waals surface area contributed by atoms with Crippen molar-refractivity contribution in [3.05, 3.63) is 0 Å². The third-order valence-electron chi connectivity index (χ3n) is 5.23. The average molecular weight is 297 g/mol. The van der Waals surface area contributed by atoms with Crippen molar-refractivity contribution in [3.63, 3.8) is 0 Å². The Morgan fingerprint density at radius 2 is 1.57 bits per heavy atom. The molecule has 0 saturated carbocycles. The normalized spacial score (nSPS) is 33.7. The van der Waals surface area contributed by atoms with Crippen LogP contribution in [0.2, 0.25) is 0 Å². The fourth-order valence-corrected chi connectivity index (χ4v) is 3.74. The molecule has 2 heterocycles. The summed E-state index contributed by atoms with van der Waals surface area (Å²) >= 11 is 0. The first kappa shape index (κ1) is 16.3. The van der Waals surface area contributed by atoms with Crippen molar-refractivity contribution in [2.75, 3.05) is 0 Å². The fourth-order valence-electron chi connectivity index (χ4n) is 3.74. The number of aliphatic carboxylic acids is 1. The fraction of sp³-hybridized carbons (Fsp3) is 0.875. The van der Waals surface area contributed by atoms with Gasteiger partial charge in [0.1, 0.15) is 0 Å². The summed E-state index contributed by atoms with van der Waals surface area (Å²) in [7, 11) is 0. The maximum atomic E-state index is 13.0. The Morgan fingerprint density at radius 1 is 1.10 bits per heavy atom. The molecule has 0 radical (unpaired) electrons. The van der Waals surface area contributed by atoms with E-state index < -0.39 is 17.8 Å². The second-order valence-corrected chi connectivity index (χ2v) is 6.44. The number of ether oxygens (including phenoxy) is 1. The summed E-state index contributed by atoms with van der Waals surface area (Å²) in [5, 5.41) is 9.48. The molecule has 0 unspecified atom stereocenters. The van der Waals surface area contributed by atoms with Gasteiger partial charge in [0.05, 0.1) is 24.0 Å². The van der Waals surface area contributed by atoms with E-state index in [1.165, 1.54) is 0 Å². The standard InChI is InChI=1S/C16H27NO4/c1-5-9(3)17(10(4)6-2)15(18)13-11-7-8-12(21-11)14(13)16(19)20/h9-14H,5-8H2,1-4H3,(H,19,20)/t9-,10+,11-,12+,13-,14-/m0/s1. The Morgan fingerprint density at radius 3 is 2.00 bits per heavy atom. The van der Waals surface area contributed by atoms with Crippen molar-refractivity contribution in [2.24, 2.45) is 11.8 Å². The molecule has 6 atom stereocenters. The number of carboxylic acid groups (broad SMARTS) is 1. The molecule has 0 aromatic heterocycles. The highest BCUT2D eigenvalue weighted by atomic mass is 16.5. The third-order valence-corrected chi connectivity index (χ3v) is 5.23. The number of carbonyl (C=O) groups excluding carboxylic acids is 1. The van der Waals surface area contributed by atoms with Crippen LogP contribution in [0.1, 0.15) is 53.4 Å². The van der Waals surface area contributed by atoms with Gasteiger partial charge in [-0.15, -0.1) is 0 Å². The zero-order chi connectivity index (χ0) is 15.7. The monoisotopic (exact) mass is 297 g/mol. The average Bonchev–Trinajstić information content (AvgIpc) is 3.07. The van der Waals surface area contributed by atoms with Crippen molar-refractivity contribution < 1.29 is 19.4 Å². The van der Waals surface area contributed by atoms with Gasteiger partial charge in [-0.25, -0.2) is 0 Å². The van der Waals surface area contributed by atoms with Gasteiger partial charge in [-0.2, -0.15) is 0 Å². The summed E-state index contributed by atoms with van der Waals surface area (Å²) in [6.07, 6.45) is 2.82. The van der Waals surface area contributed by atoms with E-state index in [9.17, 15) is 14.7 Å². The number of carbonyl (C=O) groups is 2. The lowest BCUT2D eigenvalue weighted by molar-refractivity contribution is -0.153. The number of hydrogen-bond donors (Lipinski definition) is 1. The SMILES string of the molecule is CC[C@@H](C)N(C(=O)[C@@H]1[C@@H](C(=O)O)[C@H]2CC[C@@H]1O2)[C@@H](C)CC. The Bertz CT molecular complexity index is 401. The van der Waals surface area contributed by atoms with Crippen molar-refractivity contribution in [1.29, 1.82) is 0 Å². The molecular weight excluding hydrogens is 270 g/mol. The highest BCUT2D eigenvalue weighted by molar-refractivity contribution is 5.87. The predicted octanol–water partition coefficient (Wildman–Crippen LogP) is 2.29. The number of rotatable bonds is 6. The number of hydrogen-bond acceptors (Lipinski definition) is 3. The summed E-state index contributed by atoms with van der Waals surface area (Å²) in [5.74, 6) is -2.11. The molecule has 5 nitrogen and oxygen atoms in total. The first-order valence-corrected chi connectivity index (χ1v) is 8.12.